The van der Waals surface area contributed by atoms with Crippen LogP contribution in [0.25, 0.3) is 6.08 Å². The van der Waals surface area contributed by atoms with Gasteiger partial charge < -0.3 is 10.1 Å². The number of nitrogens with zero attached hydrogens (tertiary/aromatic N) is 1. The van der Waals surface area contributed by atoms with Crippen molar-refractivity contribution in [3.05, 3.63) is 71.3 Å². The summed E-state index contributed by atoms with van der Waals surface area (Å²) in [6, 6.07) is 19.4. The highest BCUT2D eigenvalue weighted by Crippen LogP contribution is 2.16. The summed E-state index contributed by atoms with van der Waals surface area (Å²) in [4.78, 5) is 12.2. The van der Waals surface area contributed by atoms with Crippen LogP contribution in [0.3, 0.4) is 0 Å². The number of nitriles is 1. The number of carbonyl (C=O) groups excluding carboxylic acids is 1. The van der Waals surface area contributed by atoms with Gasteiger partial charge in [0.1, 0.15) is 17.4 Å². The van der Waals surface area contributed by atoms with E-state index < -0.39 is 0 Å². The van der Waals surface area contributed by atoms with E-state index in [1.54, 1.807) is 6.08 Å². The van der Waals surface area contributed by atoms with E-state index >= 15 is 0 Å². The first-order valence-electron chi connectivity index (χ1n) is 8.79. The van der Waals surface area contributed by atoms with Crippen molar-refractivity contribution < 1.29 is 9.53 Å². The summed E-state index contributed by atoms with van der Waals surface area (Å²) in [5.74, 6) is 0.420. The van der Waals surface area contributed by atoms with Crippen molar-refractivity contribution in [2.45, 2.75) is 32.8 Å². The summed E-state index contributed by atoms with van der Waals surface area (Å²) < 4.78 is 5.58. The van der Waals surface area contributed by atoms with Crippen molar-refractivity contribution in [3.63, 3.8) is 0 Å². The van der Waals surface area contributed by atoms with Crippen LogP contribution in [-0.2, 0) is 11.2 Å². The third-order valence-corrected chi connectivity index (χ3v) is 3.70. The highest BCUT2D eigenvalue weighted by Gasteiger charge is 2.08. The van der Waals surface area contributed by atoms with E-state index in [4.69, 9.17) is 4.74 Å². The molecule has 0 spiro atoms. The molecule has 0 aliphatic carbocycles. The Morgan fingerprint density at radius 3 is 2.46 bits per heavy atom. The molecule has 0 fully saturated rings. The molecule has 4 nitrogen and oxygen atoms in total. The van der Waals surface area contributed by atoms with Gasteiger partial charge in [0.25, 0.3) is 5.91 Å². The van der Waals surface area contributed by atoms with Gasteiger partial charge in [0, 0.05) is 6.54 Å². The molecule has 26 heavy (non-hydrogen) atoms. The minimum atomic E-state index is -0.344. The normalized spacial score (nSPS) is 11.1. The lowest BCUT2D eigenvalue weighted by Crippen LogP contribution is -2.25. The van der Waals surface area contributed by atoms with Gasteiger partial charge in [0.15, 0.2) is 0 Å². The van der Waals surface area contributed by atoms with Gasteiger partial charge in [-0.2, -0.15) is 5.26 Å². The lowest BCUT2D eigenvalue weighted by Gasteiger charge is -2.09. The Bertz CT molecular complexity index is 772. The molecule has 4 heteroatoms. The maximum absolute atomic E-state index is 12.2. The molecule has 134 valence electrons. The first kappa shape index (κ1) is 19.3. The summed E-state index contributed by atoms with van der Waals surface area (Å²) in [7, 11) is 0. The molecule has 0 radical (unpaired) electrons. The number of carbonyl (C=O) groups is 1. The largest absolute Gasteiger partial charge is 0.491 e. The van der Waals surface area contributed by atoms with Gasteiger partial charge in [-0.3, -0.25) is 4.79 Å². The molecule has 0 heterocycles. The van der Waals surface area contributed by atoms with E-state index in [1.165, 1.54) is 5.56 Å². The van der Waals surface area contributed by atoms with Gasteiger partial charge in [0.05, 0.1) is 6.10 Å². The molecular formula is C22H24N2O2. The summed E-state index contributed by atoms with van der Waals surface area (Å²) in [6.07, 6.45) is 3.42. The van der Waals surface area contributed by atoms with Crippen LogP contribution in [0.4, 0.5) is 0 Å². The number of aryl methyl sites for hydroxylation is 1. The zero-order chi connectivity index (χ0) is 18.8. The van der Waals surface area contributed by atoms with Crippen LogP contribution in [0.1, 0.15) is 31.4 Å². The third kappa shape index (κ3) is 6.45. The Hall–Kier alpha value is -3.06. The minimum absolute atomic E-state index is 0.0993. The Balaban J connectivity index is 1.87. The van der Waals surface area contributed by atoms with Gasteiger partial charge in [0.2, 0.25) is 0 Å². The summed E-state index contributed by atoms with van der Waals surface area (Å²) in [6.45, 7) is 4.46. The van der Waals surface area contributed by atoms with Crippen LogP contribution < -0.4 is 10.1 Å². The molecule has 2 aromatic carbocycles. The van der Waals surface area contributed by atoms with Gasteiger partial charge in [-0.1, -0.05) is 42.5 Å². The van der Waals surface area contributed by atoms with Crippen LogP contribution in [0.15, 0.2) is 60.2 Å². The summed E-state index contributed by atoms with van der Waals surface area (Å²) in [5.41, 5.74) is 2.13. The van der Waals surface area contributed by atoms with Gasteiger partial charge in [-0.05, 0) is 56.0 Å². The molecule has 0 bridgehead atoms. The molecule has 1 amide bonds. The number of amides is 1. The lowest BCUT2D eigenvalue weighted by molar-refractivity contribution is -0.117. The van der Waals surface area contributed by atoms with Crippen molar-refractivity contribution in [2.24, 2.45) is 0 Å². The minimum Gasteiger partial charge on any atom is -0.491 e. The Labute approximate surface area is 155 Å². The smallest absolute Gasteiger partial charge is 0.261 e. The fraction of sp³-hybridized carbons (Fsp3) is 0.273. The highest BCUT2D eigenvalue weighted by atomic mass is 16.5. The van der Waals surface area contributed by atoms with Crippen LogP contribution in [0.5, 0.6) is 5.75 Å². The first-order chi connectivity index (χ1) is 12.6. The maximum Gasteiger partial charge on any atom is 0.261 e. The zero-order valence-electron chi connectivity index (χ0n) is 15.2. The van der Waals surface area contributed by atoms with E-state index in [-0.39, 0.29) is 17.6 Å². The maximum atomic E-state index is 12.2. The molecule has 0 saturated carbocycles. The quantitative estimate of drug-likeness (QED) is 0.443. The number of rotatable bonds is 8. The average molecular weight is 348 g/mol. The number of benzene rings is 2. The van der Waals surface area contributed by atoms with Gasteiger partial charge >= 0.3 is 0 Å². The Morgan fingerprint density at radius 1 is 1.15 bits per heavy atom. The van der Waals surface area contributed by atoms with E-state index in [1.807, 2.05) is 62.4 Å². The zero-order valence-corrected chi connectivity index (χ0v) is 15.2. The van der Waals surface area contributed by atoms with Crippen molar-refractivity contribution in [2.75, 3.05) is 6.54 Å². The van der Waals surface area contributed by atoms with Crippen LogP contribution in [0.2, 0.25) is 0 Å². The van der Waals surface area contributed by atoms with Gasteiger partial charge in [-0.15, -0.1) is 0 Å². The number of hydrogen-bond donors (Lipinski definition) is 1. The van der Waals surface area contributed by atoms with Crippen LogP contribution in [0, 0.1) is 11.3 Å². The average Bonchev–Trinajstić information content (AvgIpc) is 2.65. The summed E-state index contributed by atoms with van der Waals surface area (Å²) >= 11 is 0. The molecule has 0 saturated heterocycles. The molecule has 0 aromatic heterocycles. The predicted molar refractivity (Wildman–Crippen MR) is 104 cm³/mol. The second kappa shape index (κ2) is 10.0. The summed E-state index contributed by atoms with van der Waals surface area (Å²) in [5, 5.41) is 12.1. The van der Waals surface area contributed by atoms with Crippen LogP contribution >= 0.6 is 0 Å². The Morgan fingerprint density at radius 2 is 1.85 bits per heavy atom. The number of ether oxygens (including phenoxy) is 1. The fourth-order valence-corrected chi connectivity index (χ4v) is 2.46. The second-order valence-electron chi connectivity index (χ2n) is 6.25. The predicted octanol–water partition coefficient (Wildman–Crippen LogP) is 4.13. The van der Waals surface area contributed by atoms with E-state index in [9.17, 15) is 10.1 Å². The molecule has 0 atom stereocenters. The molecule has 1 N–H and O–H groups in total. The second-order valence-corrected chi connectivity index (χ2v) is 6.25. The third-order valence-electron chi connectivity index (χ3n) is 3.70. The molecule has 2 aromatic rings. The van der Waals surface area contributed by atoms with Crippen molar-refractivity contribution in [1.82, 2.24) is 5.32 Å². The van der Waals surface area contributed by atoms with Crippen molar-refractivity contribution in [1.29, 1.82) is 5.26 Å². The lowest BCUT2D eigenvalue weighted by atomic mass is 10.1. The molecular weight excluding hydrogens is 324 g/mol. The van der Waals surface area contributed by atoms with Crippen LogP contribution in [-0.4, -0.2) is 18.6 Å². The number of nitrogens with one attached hydrogen (secondary N) is 1. The Kier molecular flexibility index (Phi) is 7.45. The first-order valence-corrected chi connectivity index (χ1v) is 8.79. The number of hydrogen-bond acceptors (Lipinski definition) is 3. The standard InChI is InChI=1S/C22H24N2O2/c1-17(2)26-21-12-10-19(11-13-21)15-20(16-23)22(25)24-14-6-9-18-7-4-3-5-8-18/h3-5,7-8,10-13,15,17H,6,9,14H2,1-2H3,(H,24,25)/b20-15-. The molecule has 2 rings (SSSR count). The van der Waals surface area contributed by atoms with E-state index in [0.717, 1.165) is 24.2 Å². The molecule has 0 aliphatic heterocycles. The topological polar surface area (TPSA) is 62.1 Å². The monoisotopic (exact) mass is 348 g/mol. The fourth-order valence-electron chi connectivity index (χ4n) is 2.46. The molecule has 0 aliphatic rings. The molecule has 0 unspecified atom stereocenters. The highest BCUT2D eigenvalue weighted by molar-refractivity contribution is 6.01. The van der Waals surface area contributed by atoms with Gasteiger partial charge in [-0.25, -0.2) is 0 Å². The van der Waals surface area contributed by atoms with Crippen molar-refractivity contribution in [3.8, 4) is 11.8 Å². The van der Waals surface area contributed by atoms with E-state index in [0.29, 0.717) is 6.54 Å². The van der Waals surface area contributed by atoms with E-state index in [2.05, 4.69) is 17.4 Å². The SMILES string of the molecule is CC(C)Oc1ccc(/C=C(/C#N)C(=O)NCCCc2ccccc2)cc1. The van der Waals surface area contributed by atoms with Crippen molar-refractivity contribution >= 4 is 12.0 Å².